The lowest BCUT2D eigenvalue weighted by atomic mass is 9.83. The molecular formula is C18H29FN4. The second-order valence-electron chi connectivity index (χ2n) is 6.61. The van der Waals surface area contributed by atoms with Crippen molar-refractivity contribution in [2.45, 2.75) is 46.1 Å². The fraction of sp³-hybridized carbons (Fsp3) is 0.667. The molecule has 23 heavy (non-hydrogen) atoms. The summed E-state index contributed by atoms with van der Waals surface area (Å²) in [5.41, 5.74) is 0.391. The van der Waals surface area contributed by atoms with Crippen molar-refractivity contribution in [3.63, 3.8) is 0 Å². The Morgan fingerprint density at radius 2 is 2.13 bits per heavy atom. The fourth-order valence-electron chi connectivity index (χ4n) is 3.14. The Labute approximate surface area is 139 Å². The summed E-state index contributed by atoms with van der Waals surface area (Å²) < 4.78 is 13.7. The Kier molecular flexibility index (Phi) is 6.81. The molecule has 128 valence electrons. The summed E-state index contributed by atoms with van der Waals surface area (Å²) >= 11 is 0. The Morgan fingerprint density at radius 3 is 2.78 bits per heavy atom. The molecule has 1 N–H and O–H groups in total. The summed E-state index contributed by atoms with van der Waals surface area (Å²) in [4.78, 5) is 10.8. The van der Waals surface area contributed by atoms with Gasteiger partial charge in [-0.2, -0.15) is 0 Å². The van der Waals surface area contributed by atoms with Crippen LogP contribution in [0.5, 0.6) is 0 Å². The Morgan fingerprint density at radius 1 is 1.39 bits per heavy atom. The van der Waals surface area contributed by atoms with Crippen molar-refractivity contribution >= 4 is 5.96 Å². The van der Waals surface area contributed by atoms with Gasteiger partial charge in [0.25, 0.3) is 0 Å². The quantitative estimate of drug-likeness (QED) is 0.667. The van der Waals surface area contributed by atoms with E-state index in [1.807, 2.05) is 6.92 Å². The average molecular weight is 320 g/mol. The molecular weight excluding hydrogens is 291 g/mol. The van der Waals surface area contributed by atoms with Crippen LogP contribution in [0.2, 0.25) is 0 Å². The van der Waals surface area contributed by atoms with Crippen LogP contribution in [0.4, 0.5) is 4.39 Å². The van der Waals surface area contributed by atoms with E-state index in [0.29, 0.717) is 5.69 Å². The first-order chi connectivity index (χ1) is 11.1. The van der Waals surface area contributed by atoms with Gasteiger partial charge in [0.05, 0.1) is 12.2 Å². The van der Waals surface area contributed by atoms with Crippen LogP contribution in [0, 0.1) is 17.7 Å². The fourth-order valence-corrected chi connectivity index (χ4v) is 3.14. The highest BCUT2D eigenvalue weighted by Gasteiger charge is 2.20. The molecule has 0 aromatic carbocycles. The SMILES string of the molecule is CCNC(=NCc1ncccc1F)N(C)CC1CCC(C)CC1. The van der Waals surface area contributed by atoms with E-state index in [-0.39, 0.29) is 12.4 Å². The summed E-state index contributed by atoms with van der Waals surface area (Å²) in [5.74, 6) is 2.13. The zero-order chi connectivity index (χ0) is 16.7. The molecule has 0 atom stereocenters. The van der Waals surface area contributed by atoms with Crippen molar-refractivity contribution < 1.29 is 4.39 Å². The lowest BCUT2D eigenvalue weighted by Crippen LogP contribution is -2.41. The van der Waals surface area contributed by atoms with Crippen LogP contribution in [0.3, 0.4) is 0 Å². The van der Waals surface area contributed by atoms with Gasteiger partial charge in [-0.05, 0) is 43.7 Å². The molecule has 0 unspecified atom stereocenters. The van der Waals surface area contributed by atoms with E-state index in [9.17, 15) is 4.39 Å². The molecule has 4 nitrogen and oxygen atoms in total. The van der Waals surface area contributed by atoms with E-state index >= 15 is 0 Å². The maximum atomic E-state index is 13.7. The molecule has 2 rings (SSSR count). The molecule has 1 aliphatic carbocycles. The summed E-state index contributed by atoms with van der Waals surface area (Å²) in [7, 11) is 2.06. The second kappa shape index (κ2) is 8.85. The van der Waals surface area contributed by atoms with Gasteiger partial charge in [0.15, 0.2) is 5.96 Å². The van der Waals surface area contributed by atoms with Crippen LogP contribution in [0.25, 0.3) is 0 Å². The van der Waals surface area contributed by atoms with Crippen molar-refractivity contribution in [3.05, 3.63) is 29.8 Å². The van der Waals surface area contributed by atoms with Gasteiger partial charge in [-0.3, -0.25) is 4.98 Å². The third kappa shape index (κ3) is 5.48. The molecule has 0 bridgehead atoms. The van der Waals surface area contributed by atoms with E-state index in [1.54, 1.807) is 12.3 Å². The Balaban J connectivity index is 1.96. The Hall–Kier alpha value is -1.65. The number of pyridine rings is 1. The number of rotatable bonds is 5. The van der Waals surface area contributed by atoms with Crippen LogP contribution in [-0.4, -0.2) is 36.0 Å². The van der Waals surface area contributed by atoms with Gasteiger partial charge in [0.2, 0.25) is 0 Å². The van der Waals surface area contributed by atoms with Gasteiger partial charge in [-0.15, -0.1) is 0 Å². The van der Waals surface area contributed by atoms with E-state index in [0.717, 1.165) is 30.9 Å². The van der Waals surface area contributed by atoms with Crippen LogP contribution in [0.1, 0.15) is 45.2 Å². The number of aromatic nitrogens is 1. The lowest BCUT2D eigenvalue weighted by Gasteiger charge is -2.31. The molecule has 1 saturated carbocycles. The van der Waals surface area contributed by atoms with Crippen LogP contribution >= 0.6 is 0 Å². The minimum absolute atomic E-state index is 0.265. The summed E-state index contributed by atoms with van der Waals surface area (Å²) in [6.45, 7) is 6.46. The molecule has 0 saturated heterocycles. The first kappa shape index (κ1) is 17.7. The molecule has 0 radical (unpaired) electrons. The zero-order valence-corrected chi connectivity index (χ0v) is 14.6. The highest BCUT2D eigenvalue weighted by Crippen LogP contribution is 2.28. The van der Waals surface area contributed by atoms with Crippen molar-refractivity contribution in [1.82, 2.24) is 15.2 Å². The molecule has 1 heterocycles. The predicted molar refractivity (Wildman–Crippen MR) is 92.8 cm³/mol. The van der Waals surface area contributed by atoms with Crippen molar-refractivity contribution in [2.24, 2.45) is 16.8 Å². The molecule has 1 aromatic heterocycles. The van der Waals surface area contributed by atoms with Crippen molar-refractivity contribution in [3.8, 4) is 0 Å². The number of hydrogen-bond donors (Lipinski definition) is 1. The normalized spacial score (nSPS) is 22.0. The van der Waals surface area contributed by atoms with Gasteiger partial charge in [-0.25, -0.2) is 9.38 Å². The van der Waals surface area contributed by atoms with Crippen LogP contribution in [0.15, 0.2) is 23.3 Å². The minimum atomic E-state index is -0.295. The molecule has 0 aliphatic heterocycles. The lowest BCUT2D eigenvalue weighted by molar-refractivity contribution is 0.250. The number of halogens is 1. The molecule has 1 fully saturated rings. The van der Waals surface area contributed by atoms with E-state index in [2.05, 4.69) is 34.2 Å². The molecule has 0 amide bonds. The molecule has 0 spiro atoms. The number of nitrogens with one attached hydrogen (secondary N) is 1. The van der Waals surface area contributed by atoms with Gasteiger partial charge in [0, 0.05) is 26.3 Å². The summed E-state index contributed by atoms with van der Waals surface area (Å²) in [5, 5.41) is 3.30. The van der Waals surface area contributed by atoms with E-state index in [1.165, 1.54) is 31.7 Å². The highest BCUT2D eigenvalue weighted by atomic mass is 19.1. The first-order valence-corrected chi connectivity index (χ1v) is 8.69. The third-order valence-corrected chi connectivity index (χ3v) is 4.58. The third-order valence-electron chi connectivity index (χ3n) is 4.58. The zero-order valence-electron chi connectivity index (χ0n) is 14.6. The molecule has 1 aliphatic rings. The number of nitrogens with zero attached hydrogens (tertiary/aromatic N) is 3. The maximum Gasteiger partial charge on any atom is 0.194 e. The standard InChI is InChI=1S/C18H29FN4/c1-4-20-18(22-12-17-16(19)6-5-11-21-17)23(3)13-15-9-7-14(2)8-10-15/h5-6,11,14-15H,4,7-10,12-13H2,1-3H3,(H,20,22). The van der Waals surface area contributed by atoms with Gasteiger partial charge in [-0.1, -0.05) is 19.8 Å². The smallest absolute Gasteiger partial charge is 0.194 e. The largest absolute Gasteiger partial charge is 0.357 e. The Bertz CT molecular complexity index is 509. The monoisotopic (exact) mass is 320 g/mol. The van der Waals surface area contributed by atoms with E-state index in [4.69, 9.17) is 0 Å². The number of aliphatic imine (C=N–C) groups is 1. The highest BCUT2D eigenvalue weighted by molar-refractivity contribution is 5.79. The van der Waals surface area contributed by atoms with Crippen LogP contribution < -0.4 is 5.32 Å². The van der Waals surface area contributed by atoms with Gasteiger partial charge in [0.1, 0.15) is 5.82 Å². The van der Waals surface area contributed by atoms with Crippen LogP contribution in [-0.2, 0) is 6.54 Å². The number of guanidine groups is 1. The number of hydrogen-bond acceptors (Lipinski definition) is 2. The van der Waals surface area contributed by atoms with Gasteiger partial charge >= 0.3 is 0 Å². The van der Waals surface area contributed by atoms with Gasteiger partial charge < -0.3 is 10.2 Å². The molecule has 5 heteroatoms. The molecule has 1 aromatic rings. The predicted octanol–water partition coefficient (Wildman–Crippen LogP) is 3.44. The first-order valence-electron chi connectivity index (χ1n) is 8.69. The topological polar surface area (TPSA) is 40.5 Å². The summed E-state index contributed by atoms with van der Waals surface area (Å²) in [6.07, 6.45) is 6.84. The van der Waals surface area contributed by atoms with Crippen molar-refractivity contribution in [2.75, 3.05) is 20.1 Å². The maximum absolute atomic E-state index is 13.7. The summed E-state index contributed by atoms with van der Waals surface area (Å²) in [6, 6.07) is 3.03. The minimum Gasteiger partial charge on any atom is -0.357 e. The van der Waals surface area contributed by atoms with Crippen molar-refractivity contribution in [1.29, 1.82) is 0 Å². The second-order valence-corrected chi connectivity index (χ2v) is 6.61. The van der Waals surface area contributed by atoms with E-state index < -0.39 is 0 Å². The average Bonchev–Trinajstić information content (AvgIpc) is 2.55.